The summed E-state index contributed by atoms with van der Waals surface area (Å²) in [6.07, 6.45) is 0. The second kappa shape index (κ2) is 3.36. The van der Waals surface area contributed by atoms with E-state index in [1.165, 1.54) is 5.30 Å². The molecule has 0 spiro atoms. The first-order valence-corrected chi connectivity index (χ1v) is 11.1. The normalized spacial score (nSPS) is 34.1. The summed E-state index contributed by atoms with van der Waals surface area (Å²) in [7, 11) is 0. The molecule has 0 nitrogen and oxygen atoms in total. The van der Waals surface area contributed by atoms with E-state index in [1.807, 2.05) is 0 Å². The Morgan fingerprint density at radius 1 is 1.00 bits per heavy atom. The zero-order chi connectivity index (χ0) is 13.1. The molecule has 17 heavy (non-hydrogen) atoms. The van der Waals surface area contributed by atoms with Crippen molar-refractivity contribution in [1.29, 1.82) is 0 Å². The second-order valence-corrected chi connectivity index (χ2v) is 17.8. The van der Waals surface area contributed by atoms with Crippen LogP contribution in [0.25, 0.3) is 0 Å². The van der Waals surface area contributed by atoms with Gasteiger partial charge in [0.25, 0.3) is 0 Å². The second-order valence-electron chi connectivity index (χ2n) is 6.79. The predicted molar refractivity (Wildman–Crippen MR) is 85.2 cm³/mol. The van der Waals surface area contributed by atoms with Crippen LogP contribution < -0.4 is 5.30 Å². The number of hydrogen-bond donors (Lipinski definition) is 0. The van der Waals surface area contributed by atoms with E-state index in [4.69, 9.17) is 0 Å². The molecule has 0 amide bonds. The van der Waals surface area contributed by atoms with E-state index < -0.39 is 5.31 Å². The van der Waals surface area contributed by atoms with Gasteiger partial charge in [0, 0.05) is 0 Å². The molecule has 1 saturated heterocycles. The van der Waals surface area contributed by atoms with Crippen molar-refractivity contribution in [2.24, 2.45) is 5.92 Å². The minimum absolute atomic E-state index is 0.358. The van der Waals surface area contributed by atoms with Gasteiger partial charge in [0.1, 0.15) is 0 Å². The number of hydrogen-bond acceptors (Lipinski definition) is 0. The van der Waals surface area contributed by atoms with Gasteiger partial charge in [0.2, 0.25) is 0 Å². The molecule has 0 aromatic heterocycles. The van der Waals surface area contributed by atoms with Crippen LogP contribution in [0.2, 0.25) is 0 Å². The Kier molecular flexibility index (Phi) is 2.68. The van der Waals surface area contributed by atoms with Gasteiger partial charge in [-0.1, -0.05) is 0 Å². The van der Waals surface area contributed by atoms with Crippen LogP contribution in [0.1, 0.15) is 34.6 Å². The topological polar surface area (TPSA) is 0 Å². The predicted octanol–water partition coefficient (Wildman–Crippen LogP) is 5.01. The Bertz CT molecular complexity index is 425. The molecule has 1 aliphatic heterocycles. The van der Waals surface area contributed by atoms with E-state index in [-0.39, 0.29) is 0 Å². The Morgan fingerprint density at radius 2 is 1.41 bits per heavy atom. The molecule has 0 unspecified atom stereocenters. The minimum atomic E-state index is -2.07. The summed E-state index contributed by atoms with van der Waals surface area (Å²) in [6.45, 7) is 14.6. The van der Waals surface area contributed by atoms with Crippen molar-refractivity contribution in [3.63, 3.8) is 0 Å². The van der Waals surface area contributed by atoms with Gasteiger partial charge >= 0.3 is 114 Å². The van der Waals surface area contributed by atoms with E-state index >= 15 is 0 Å². The molecule has 0 N–H and O–H groups in total. The van der Waals surface area contributed by atoms with Crippen LogP contribution in [0.5, 0.6) is 0 Å². The maximum atomic E-state index is 4.29. The van der Waals surface area contributed by atoms with E-state index in [0.717, 1.165) is 5.92 Å². The average molecular weight is 315 g/mol. The summed E-state index contributed by atoms with van der Waals surface area (Å²) in [6, 6.07) is 11.1. The van der Waals surface area contributed by atoms with Crippen molar-refractivity contribution in [2.75, 3.05) is 6.66 Å². The van der Waals surface area contributed by atoms with E-state index in [2.05, 4.69) is 87.1 Å². The number of benzene rings is 1. The fourth-order valence-corrected chi connectivity index (χ4v) is 12.4. The molecule has 1 fully saturated rings. The van der Waals surface area contributed by atoms with E-state index in [0.29, 0.717) is 10.3 Å². The van der Waals surface area contributed by atoms with Crippen molar-refractivity contribution in [2.45, 2.75) is 44.9 Å². The van der Waals surface area contributed by atoms with Gasteiger partial charge in [0.15, 0.2) is 0 Å². The standard InChI is InChI=1S/C15H24BrP/c1-12-14(2,3)17(6,16,15(12,4)5)13-10-8-7-9-11-13/h7-12H,1-6H3. The summed E-state index contributed by atoms with van der Waals surface area (Å²) in [5, 5.41) is 0.167. The SMILES string of the molecule is CC1C(C)(C)P(C)(Br)(c2ccccc2)C1(C)C. The van der Waals surface area contributed by atoms with Crippen LogP contribution in [-0.4, -0.2) is 17.0 Å². The molecule has 1 heterocycles. The third-order valence-electron chi connectivity index (χ3n) is 6.23. The molecule has 0 aliphatic carbocycles. The fraction of sp³-hybridized carbons (Fsp3) is 0.600. The van der Waals surface area contributed by atoms with Gasteiger partial charge in [-0.2, -0.15) is 0 Å². The quantitative estimate of drug-likeness (QED) is 0.639. The summed E-state index contributed by atoms with van der Waals surface area (Å²) in [4.78, 5) is 0. The Morgan fingerprint density at radius 3 is 1.82 bits per heavy atom. The Balaban J connectivity index is 2.70. The molecule has 0 atom stereocenters. The van der Waals surface area contributed by atoms with E-state index in [9.17, 15) is 0 Å². The Labute approximate surface area is 114 Å². The van der Waals surface area contributed by atoms with Gasteiger partial charge in [0.05, 0.1) is 0 Å². The van der Waals surface area contributed by atoms with Crippen molar-refractivity contribution < 1.29 is 0 Å². The summed E-state index contributed by atoms with van der Waals surface area (Å²) < 4.78 is 0. The van der Waals surface area contributed by atoms with Crippen LogP contribution in [-0.2, 0) is 0 Å². The van der Waals surface area contributed by atoms with Gasteiger partial charge in [-0.05, 0) is 0 Å². The number of halogens is 1. The van der Waals surface area contributed by atoms with Crippen LogP contribution in [0, 0.1) is 5.92 Å². The van der Waals surface area contributed by atoms with Gasteiger partial charge in [-0.25, -0.2) is 0 Å². The van der Waals surface area contributed by atoms with Crippen molar-refractivity contribution in [3.8, 4) is 0 Å². The number of rotatable bonds is 1. The summed E-state index contributed by atoms with van der Waals surface area (Å²) in [5.41, 5.74) is 0. The molecule has 1 aromatic rings. The molecule has 0 saturated carbocycles. The molecular formula is C15H24BrP. The van der Waals surface area contributed by atoms with Crippen LogP contribution in [0.3, 0.4) is 0 Å². The van der Waals surface area contributed by atoms with Crippen LogP contribution in [0.4, 0.5) is 0 Å². The molecule has 2 rings (SSSR count). The molecule has 96 valence electrons. The zero-order valence-electron chi connectivity index (χ0n) is 11.8. The Hall–Kier alpha value is 0.130. The average Bonchev–Trinajstić information content (AvgIpc) is 2.28. The summed E-state index contributed by atoms with van der Waals surface area (Å²) in [5.74, 6) is 0.734. The summed E-state index contributed by atoms with van der Waals surface area (Å²) >= 11 is 4.29. The van der Waals surface area contributed by atoms with Crippen LogP contribution >= 0.6 is 20.8 Å². The van der Waals surface area contributed by atoms with Gasteiger partial charge in [-0.3, -0.25) is 0 Å². The van der Waals surface area contributed by atoms with Crippen molar-refractivity contribution >= 4 is 26.1 Å². The van der Waals surface area contributed by atoms with Crippen molar-refractivity contribution in [1.82, 2.24) is 0 Å². The van der Waals surface area contributed by atoms with Gasteiger partial charge < -0.3 is 0 Å². The van der Waals surface area contributed by atoms with Gasteiger partial charge in [-0.15, -0.1) is 0 Å². The van der Waals surface area contributed by atoms with Crippen molar-refractivity contribution in [3.05, 3.63) is 30.3 Å². The first-order chi connectivity index (χ1) is 7.57. The molecule has 0 radical (unpaired) electrons. The molecule has 1 aliphatic rings. The molecule has 1 aromatic carbocycles. The monoisotopic (exact) mass is 314 g/mol. The van der Waals surface area contributed by atoms with E-state index in [1.54, 1.807) is 0 Å². The third-order valence-corrected chi connectivity index (χ3v) is 20.7. The maximum absolute atomic E-state index is 4.29. The first kappa shape index (κ1) is 13.6. The third kappa shape index (κ3) is 1.19. The first-order valence-electron chi connectivity index (χ1n) is 6.35. The fourth-order valence-electron chi connectivity index (χ4n) is 3.91. The molecular weight excluding hydrogens is 291 g/mol. The zero-order valence-corrected chi connectivity index (χ0v) is 14.3. The van der Waals surface area contributed by atoms with Crippen LogP contribution in [0.15, 0.2) is 30.3 Å². The molecule has 2 heteroatoms. The molecule has 0 bridgehead atoms.